The molecule has 2 rings (SSSR count). The standard InChI is InChI=1S/C13H21BrN2O2S2/c1-2-3-4-7-15-8-10-16(11-9-15)20(17,18)13-6-5-12(14)19-13/h5-6H,2-4,7-11H2,1H3. The summed E-state index contributed by atoms with van der Waals surface area (Å²) in [5.74, 6) is 0. The second-order valence-corrected chi connectivity index (χ2v) is 9.64. The Labute approximate surface area is 133 Å². The van der Waals surface area contributed by atoms with E-state index in [4.69, 9.17) is 0 Å². The van der Waals surface area contributed by atoms with E-state index in [1.807, 2.05) is 0 Å². The Kier molecular flexibility index (Phi) is 6.04. The molecule has 1 fully saturated rings. The van der Waals surface area contributed by atoms with E-state index in [2.05, 4.69) is 27.8 Å². The van der Waals surface area contributed by atoms with E-state index in [1.54, 1.807) is 16.4 Å². The molecule has 0 bridgehead atoms. The normalized spacial score (nSPS) is 18.5. The fourth-order valence-electron chi connectivity index (χ4n) is 2.34. The molecule has 1 aliphatic heterocycles. The number of unbranched alkanes of at least 4 members (excludes halogenated alkanes) is 2. The number of halogens is 1. The van der Waals surface area contributed by atoms with Gasteiger partial charge in [-0.3, -0.25) is 0 Å². The maximum absolute atomic E-state index is 12.5. The van der Waals surface area contributed by atoms with Gasteiger partial charge in [-0.1, -0.05) is 19.8 Å². The van der Waals surface area contributed by atoms with Crippen molar-refractivity contribution in [3.63, 3.8) is 0 Å². The smallest absolute Gasteiger partial charge is 0.252 e. The summed E-state index contributed by atoms with van der Waals surface area (Å²) in [5, 5.41) is 0. The van der Waals surface area contributed by atoms with Crippen LogP contribution in [-0.4, -0.2) is 50.3 Å². The van der Waals surface area contributed by atoms with Crippen LogP contribution in [-0.2, 0) is 10.0 Å². The molecule has 0 N–H and O–H groups in total. The van der Waals surface area contributed by atoms with Crippen molar-refractivity contribution >= 4 is 37.3 Å². The Bertz CT molecular complexity index is 522. The first-order valence-electron chi connectivity index (χ1n) is 7.02. The van der Waals surface area contributed by atoms with Crippen molar-refractivity contribution in [3.8, 4) is 0 Å². The monoisotopic (exact) mass is 380 g/mol. The van der Waals surface area contributed by atoms with E-state index in [1.165, 1.54) is 30.6 Å². The van der Waals surface area contributed by atoms with Gasteiger partial charge >= 0.3 is 0 Å². The fraction of sp³-hybridized carbons (Fsp3) is 0.692. The predicted molar refractivity (Wildman–Crippen MR) is 86.7 cm³/mol. The molecule has 7 heteroatoms. The third-order valence-corrected chi connectivity index (χ3v) is 7.54. The lowest BCUT2D eigenvalue weighted by Gasteiger charge is -2.33. The second-order valence-electron chi connectivity index (χ2n) is 5.01. The molecule has 1 aromatic heterocycles. The summed E-state index contributed by atoms with van der Waals surface area (Å²) < 4.78 is 27.8. The maximum Gasteiger partial charge on any atom is 0.252 e. The van der Waals surface area contributed by atoms with Crippen LogP contribution in [0.5, 0.6) is 0 Å². The van der Waals surface area contributed by atoms with Gasteiger partial charge in [0.25, 0.3) is 10.0 Å². The lowest BCUT2D eigenvalue weighted by molar-refractivity contribution is 0.185. The summed E-state index contributed by atoms with van der Waals surface area (Å²) in [4.78, 5) is 2.37. The summed E-state index contributed by atoms with van der Waals surface area (Å²) in [6, 6.07) is 3.47. The van der Waals surface area contributed by atoms with Crippen LogP contribution < -0.4 is 0 Å². The summed E-state index contributed by atoms with van der Waals surface area (Å²) in [6.45, 7) is 6.18. The van der Waals surface area contributed by atoms with Crippen LogP contribution in [0.25, 0.3) is 0 Å². The fourth-order valence-corrected chi connectivity index (χ4v) is 5.93. The van der Waals surface area contributed by atoms with E-state index >= 15 is 0 Å². The Hall–Kier alpha value is 0.0500. The second kappa shape index (κ2) is 7.35. The number of rotatable bonds is 6. The molecule has 0 aliphatic carbocycles. The quantitative estimate of drug-likeness (QED) is 0.712. The number of sulfonamides is 1. The Morgan fingerprint density at radius 2 is 1.90 bits per heavy atom. The lowest BCUT2D eigenvalue weighted by atomic mass is 10.2. The molecule has 0 aromatic carbocycles. The zero-order valence-corrected chi connectivity index (χ0v) is 14.9. The van der Waals surface area contributed by atoms with Crippen LogP contribution in [0, 0.1) is 0 Å². The van der Waals surface area contributed by atoms with Crippen molar-refractivity contribution in [3.05, 3.63) is 15.9 Å². The molecule has 1 saturated heterocycles. The van der Waals surface area contributed by atoms with Gasteiger partial charge in [0.2, 0.25) is 0 Å². The Morgan fingerprint density at radius 1 is 1.20 bits per heavy atom. The minimum absolute atomic E-state index is 0.434. The van der Waals surface area contributed by atoms with Crippen LogP contribution in [0.4, 0.5) is 0 Å². The molecule has 1 aromatic rings. The van der Waals surface area contributed by atoms with E-state index in [0.29, 0.717) is 17.3 Å². The molecule has 0 saturated carbocycles. The van der Waals surface area contributed by atoms with E-state index in [-0.39, 0.29) is 0 Å². The van der Waals surface area contributed by atoms with Gasteiger partial charge in [0.05, 0.1) is 3.79 Å². The van der Waals surface area contributed by atoms with Crippen LogP contribution in [0.2, 0.25) is 0 Å². The van der Waals surface area contributed by atoms with Crippen molar-refractivity contribution in [2.45, 2.75) is 30.4 Å². The molecule has 4 nitrogen and oxygen atoms in total. The highest BCUT2D eigenvalue weighted by molar-refractivity contribution is 9.11. The summed E-state index contributed by atoms with van der Waals surface area (Å²) >= 11 is 4.60. The highest BCUT2D eigenvalue weighted by atomic mass is 79.9. The van der Waals surface area contributed by atoms with Crippen LogP contribution in [0.1, 0.15) is 26.2 Å². The molecule has 1 aliphatic rings. The summed E-state index contributed by atoms with van der Waals surface area (Å²) in [7, 11) is -3.29. The van der Waals surface area contributed by atoms with Gasteiger partial charge in [0.1, 0.15) is 4.21 Å². The average Bonchev–Trinajstić information content (AvgIpc) is 2.87. The summed E-state index contributed by atoms with van der Waals surface area (Å²) in [6.07, 6.45) is 3.68. The van der Waals surface area contributed by atoms with Crippen molar-refractivity contribution < 1.29 is 8.42 Å². The van der Waals surface area contributed by atoms with E-state index in [9.17, 15) is 8.42 Å². The Balaban J connectivity index is 1.90. The first-order chi connectivity index (χ1) is 9.54. The van der Waals surface area contributed by atoms with E-state index in [0.717, 1.165) is 23.4 Å². The molecule has 0 atom stereocenters. The van der Waals surface area contributed by atoms with Gasteiger partial charge in [-0.15, -0.1) is 11.3 Å². The molecular weight excluding hydrogens is 360 g/mol. The highest BCUT2D eigenvalue weighted by Gasteiger charge is 2.29. The molecule has 0 amide bonds. The van der Waals surface area contributed by atoms with Gasteiger partial charge in [-0.2, -0.15) is 4.31 Å². The number of hydrogen-bond acceptors (Lipinski definition) is 4. The topological polar surface area (TPSA) is 40.6 Å². The number of thiophene rings is 1. The van der Waals surface area contributed by atoms with Crippen molar-refractivity contribution in [1.29, 1.82) is 0 Å². The molecule has 114 valence electrons. The first kappa shape index (κ1) is 16.4. The SMILES string of the molecule is CCCCCN1CCN(S(=O)(=O)c2ccc(Br)s2)CC1. The van der Waals surface area contributed by atoms with Crippen LogP contribution in [0.15, 0.2) is 20.1 Å². The molecule has 2 heterocycles. The third kappa shape index (κ3) is 4.04. The van der Waals surface area contributed by atoms with Crippen LogP contribution >= 0.6 is 27.3 Å². The number of piperazine rings is 1. The lowest BCUT2D eigenvalue weighted by Crippen LogP contribution is -2.48. The van der Waals surface area contributed by atoms with Gasteiger partial charge in [0.15, 0.2) is 0 Å². The molecule has 20 heavy (non-hydrogen) atoms. The zero-order chi connectivity index (χ0) is 14.6. The molecule has 0 unspecified atom stereocenters. The number of hydrogen-bond donors (Lipinski definition) is 0. The minimum atomic E-state index is -3.29. The van der Waals surface area contributed by atoms with Crippen LogP contribution in [0.3, 0.4) is 0 Å². The van der Waals surface area contributed by atoms with Gasteiger partial charge in [-0.25, -0.2) is 8.42 Å². The van der Waals surface area contributed by atoms with Gasteiger partial charge < -0.3 is 4.90 Å². The highest BCUT2D eigenvalue weighted by Crippen LogP contribution is 2.28. The zero-order valence-electron chi connectivity index (χ0n) is 11.7. The molecule has 0 radical (unpaired) electrons. The minimum Gasteiger partial charge on any atom is -0.301 e. The van der Waals surface area contributed by atoms with E-state index < -0.39 is 10.0 Å². The van der Waals surface area contributed by atoms with Crippen molar-refractivity contribution in [1.82, 2.24) is 9.21 Å². The Morgan fingerprint density at radius 3 is 2.45 bits per heavy atom. The summed E-state index contributed by atoms with van der Waals surface area (Å²) in [5.41, 5.74) is 0. The predicted octanol–water partition coefficient (Wildman–Crippen LogP) is 3.01. The first-order valence-corrected chi connectivity index (χ1v) is 10.1. The van der Waals surface area contributed by atoms with Gasteiger partial charge in [-0.05, 0) is 41.0 Å². The average molecular weight is 381 g/mol. The van der Waals surface area contributed by atoms with Gasteiger partial charge in [0, 0.05) is 26.2 Å². The maximum atomic E-state index is 12.5. The third-order valence-electron chi connectivity index (χ3n) is 3.55. The van der Waals surface area contributed by atoms with Crippen molar-refractivity contribution in [2.24, 2.45) is 0 Å². The number of nitrogens with zero attached hydrogens (tertiary/aromatic N) is 2. The molecule has 0 spiro atoms. The molecular formula is C13H21BrN2O2S2. The largest absolute Gasteiger partial charge is 0.301 e. The van der Waals surface area contributed by atoms with Crippen molar-refractivity contribution in [2.75, 3.05) is 32.7 Å².